The van der Waals surface area contributed by atoms with Crippen LogP contribution in [0.2, 0.25) is 0 Å². The minimum Gasteiger partial charge on any atom is -0.388 e. The molecule has 1 aromatic carbocycles. The second kappa shape index (κ2) is 4.70. The second-order valence-corrected chi connectivity index (χ2v) is 5.48. The average Bonchev–Trinajstić information content (AvgIpc) is 2.78. The molecule has 1 N–H and O–H groups in total. The Morgan fingerprint density at radius 3 is 2.67 bits per heavy atom. The quantitative estimate of drug-likeness (QED) is 0.891. The van der Waals surface area contributed by atoms with Gasteiger partial charge in [-0.25, -0.2) is 4.39 Å². The number of hydrogen-bond acceptors (Lipinski definition) is 2. The van der Waals surface area contributed by atoms with E-state index in [1.54, 1.807) is 19.1 Å². The van der Waals surface area contributed by atoms with E-state index in [-0.39, 0.29) is 5.82 Å². The van der Waals surface area contributed by atoms with E-state index < -0.39 is 11.0 Å². The van der Waals surface area contributed by atoms with Crippen LogP contribution >= 0.6 is 0 Å². The van der Waals surface area contributed by atoms with Gasteiger partial charge in [0.2, 0.25) is 0 Å². The molecule has 1 saturated carbocycles. The Morgan fingerprint density at radius 2 is 2.11 bits per heavy atom. The van der Waals surface area contributed by atoms with Crippen molar-refractivity contribution in [2.24, 2.45) is 5.41 Å². The van der Waals surface area contributed by atoms with Gasteiger partial charge < -0.3 is 5.11 Å². The zero-order chi connectivity index (χ0) is 13.2. The molecule has 1 aliphatic carbocycles. The summed E-state index contributed by atoms with van der Waals surface area (Å²) in [5.41, 5.74) is -1.05. The van der Waals surface area contributed by atoms with E-state index in [1.807, 2.05) is 0 Å². The van der Waals surface area contributed by atoms with E-state index in [0.29, 0.717) is 6.42 Å². The minimum atomic E-state index is -1.11. The molecule has 1 unspecified atom stereocenters. The van der Waals surface area contributed by atoms with Gasteiger partial charge in [-0.15, -0.1) is 0 Å². The SMILES string of the molecule is CC(O)(Cc1cccc(F)c1)C1(C#N)CCCC1. The predicted octanol–water partition coefficient (Wildman–Crippen LogP) is 3.20. The zero-order valence-electron chi connectivity index (χ0n) is 10.6. The Hall–Kier alpha value is -1.40. The van der Waals surface area contributed by atoms with Crippen molar-refractivity contribution in [2.75, 3.05) is 0 Å². The largest absolute Gasteiger partial charge is 0.388 e. The summed E-state index contributed by atoms with van der Waals surface area (Å²) >= 11 is 0. The standard InChI is InChI=1S/C15H18FNO/c1-14(18,15(11-17)7-2-3-8-15)10-12-5-4-6-13(16)9-12/h4-6,9,18H,2-3,7-8,10H2,1H3. The zero-order valence-corrected chi connectivity index (χ0v) is 10.6. The Labute approximate surface area is 107 Å². The highest BCUT2D eigenvalue weighted by atomic mass is 19.1. The lowest BCUT2D eigenvalue weighted by Crippen LogP contribution is -2.45. The van der Waals surface area contributed by atoms with E-state index in [0.717, 1.165) is 31.2 Å². The molecule has 3 heteroatoms. The Bertz CT molecular complexity index is 470. The van der Waals surface area contributed by atoms with Gasteiger partial charge in [0.1, 0.15) is 5.82 Å². The van der Waals surface area contributed by atoms with E-state index in [4.69, 9.17) is 0 Å². The number of hydrogen-bond donors (Lipinski definition) is 1. The number of halogens is 1. The van der Waals surface area contributed by atoms with Crippen molar-refractivity contribution >= 4 is 0 Å². The average molecular weight is 247 g/mol. The summed E-state index contributed by atoms with van der Waals surface area (Å²) < 4.78 is 13.2. The molecular weight excluding hydrogens is 229 g/mol. The minimum absolute atomic E-state index is 0.305. The topological polar surface area (TPSA) is 44.0 Å². The van der Waals surface area contributed by atoms with Gasteiger partial charge in [-0.2, -0.15) is 5.26 Å². The Morgan fingerprint density at radius 1 is 1.44 bits per heavy atom. The molecule has 96 valence electrons. The molecule has 0 aromatic heterocycles. The van der Waals surface area contributed by atoms with Gasteiger partial charge in [-0.3, -0.25) is 0 Å². The first kappa shape index (κ1) is 13.0. The third kappa shape index (κ3) is 2.26. The smallest absolute Gasteiger partial charge is 0.123 e. The molecule has 2 rings (SSSR count). The third-order valence-electron chi connectivity index (χ3n) is 4.14. The molecule has 18 heavy (non-hydrogen) atoms. The van der Waals surface area contributed by atoms with Gasteiger partial charge in [0.15, 0.2) is 0 Å². The second-order valence-electron chi connectivity index (χ2n) is 5.48. The first-order valence-electron chi connectivity index (χ1n) is 6.37. The van der Waals surface area contributed by atoms with Gasteiger partial charge in [0.05, 0.1) is 17.1 Å². The number of nitriles is 1. The van der Waals surface area contributed by atoms with Crippen LogP contribution in [-0.2, 0) is 6.42 Å². The molecule has 1 aromatic rings. The Kier molecular flexibility index (Phi) is 3.41. The maximum Gasteiger partial charge on any atom is 0.123 e. The molecule has 0 amide bonds. The van der Waals surface area contributed by atoms with E-state index in [1.165, 1.54) is 12.1 Å². The summed E-state index contributed by atoms with van der Waals surface area (Å²) in [5.74, 6) is -0.305. The predicted molar refractivity (Wildman–Crippen MR) is 67.2 cm³/mol. The van der Waals surface area contributed by atoms with E-state index in [2.05, 4.69) is 6.07 Å². The van der Waals surface area contributed by atoms with Crippen LogP contribution < -0.4 is 0 Å². The summed E-state index contributed by atoms with van der Waals surface area (Å²) in [6, 6.07) is 8.54. The number of aliphatic hydroxyl groups is 1. The van der Waals surface area contributed by atoms with Crippen LogP contribution in [0, 0.1) is 22.6 Å². The lowest BCUT2D eigenvalue weighted by Gasteiger charge is -2.37. The van der Waals surface area contributed by atoms with Gasteiger partial charge >= 0.3 is 0 Å². The van der Waals surface area contributed by atoms with E-state index in [9.17, 15) is 14.8 Å². The molecule has 0 heterocycles. The van der Waals surface area contributed by atoms with Gasteiger partial charge in [0.25, 0.3) is 0 Å². The van der Waals surface area contributed by atoms with Crippen LogP contribution in [0.3, 0.4) is 0 Å². The molecule has 1 atom stereocenters. The van der Waals surface area contributed by atoms with Crippen LogP contribution in [0.5, 0.6) is 0 Å². The van der Waals surface area contributed by atoms with Crippen LogP contribution in [-0.4, -0.2) is 10.7 Å². The maximum absolute atomic E-state index is 13.2. The monoisotopic (exact) mass is 247 g/mol. The van der Waals surface area contributed by atoms with Crippen molar-refractivity contribution in [3.63, 3.8) is 0 Å². The third-order valence-corrected chi connectivity index (χ3v) is 4.14. The number of benzene rings is 1. The molecule has 2 nitrogen and oxygen atoms in total. The lowest BCUT2D eigenvalue weighted by atomic mass is 9.70. The van der Waals surface area contributed by atoms with Crippen molar-refractivity contribution < 1.29 is 9.50 Å². The molecular formula is C15H18FNO. The summed E-state index contributed by atoms with van der Waals surface area (Å²) in [5, 5.41) is 20.1. The first-order chi connectivity index (χ1) is 8.49. The molecule has 0 saturated heterocycles. The van der Waals surface area contributed by atoms with Crippen LogP contribution in [0.25, 0.3) is 0 Å². The maximum atomic E-state index is 13.2. The van der Waals surface area contributed by atoms with Gasteiger partial charge in [-0.05, 0) is 37.5 Å². The van der Waals surface area contributed by atoms with Crippen molar-refractivity contribution in [3.8, 4) is 6.07 Å². The fourth-order valence-corrected chi connectivity index (χ4v) is 2.96. The highest BCUT2D eigenvalue weighted by Gasteiger charge is 2.49. The van der Waals surface area contributed by atoms with Crippen molar-refractivity contribution in [3.05, 3.63) is 35.6 Å². The summed E-state index contributed by atoms with van der Waals surface area (Å²) in [6.45, 7) is 1.70. The molecule has 0 spiro atoms. The highest BCUT2D eigenvalue weighted by molar-refractivity contribution is 5.22. The Balaban J connectivity index is 2.24. The highest BCUT2D eigenvalue weighted by Crippen LogP contribution is 2.47. The number of nitrogens with zero attached hydrogens (tertiary/aromatic N) is 1. The molecule has 0 aliphatic heterocycles. The van der Waals surface area contributed by atoms with Crippen molar-refractivity contribution in [1.82, 2.24) is 0 Å². The van der Waals surface area contributed by atoms with Crippen LogP contribution in [0.4, 0.5) is 4.39 Å². The summed E-state index contributed by atoms with van der Waals surface area (Å²) in [7, 11) is 0. The molecule has 0 bridgehead atoms. The molecule has 1 aliphatic rings. The lowest BCUT2D eigenvalue weighted by molar-refractivity contribution is -0.0359. The summed E-state index contributed by atoms with van der Waals surface area (Å²) in [6.07, 6.45) is 3.73. The molecule has 0 radical (unpaired) electrons. The van der Waals surface area contributed by atoms with Crippen molar-refractivity contribution in [1.29, 1.82) is 5.26 Å². The molecule has 1 fully saturated rings. The van der Waals surface area contributed by atoms with Gasteiger partial charge in [0, 0.05) is 6.42 Å². The van der Waals surface area contributed by atoms with E-state index >= 15 is 0 Å². The number of rotatable bonds is 3. The van der Waals surface area contributed by atoms with Gasteiger partial charge in [-0.1, -0.05) is 25.0 Å². The normalized spacial score (nSPS) is 21.2. The van der Waals surface area contributed by atoms with Crippen molar-refractivity contribution in [2.45, 2.75) is 44.6 Å². The fourth-order valence-electron chi connectivity index (χ4n) is 2.96. The first-order valence-corrected chi connectivity index (χ1v) is 6.37. The fraction of sp³-hybridized carbons (Fsp3) is 0.533. The summed E-state index contributed by atoms with van der Waals surface area (Å²) in [4.78, 5) is 0. The van der Waals surface area contributed by atoms with Crippen LogP contribution in [0.1, 0.15) is 38.2 Å². The van der Waals surface area contributed by atoms with Crippen LogP contribution in [0.15, 0.2) is 24.3 Å².